The maximum Gasteiger partial charge on any atom is 0.306 e. The zero-order valence-electron chi connectivity index (χ0n) is 15.1. The molecule has 0 spiro atoms. The molecule has 0 radical (unpaired) electrons. The summed E-state index contributed by atoms with van der Waals surface area (Å²) in [5, 5.41) is 11.9. The van der Waals surface area contributed by atoms with Crippen LogP contribution in [0, 0.1) is 17.2 Å². The van der Waals surface area contributed by atoms with E-state index < -0.39 is 17.4 Å². The third-order valence-corrected chi connectivity index (χ3v) is 6.68. The highest BCUT2D eigenvalue weighted by Crippen LogP contribution is 2.39. The van der Waals surface area contributed by atoms with Gasteiger partial charge in [0.1, 0.15) is 5.54 Å². The predicted octanol–water partition coefficient (Wildman–Crippen LogP) is 3.52. The fourth-order valence-corrected chi connectivity index (χ4v) is 4.79. The number of rotatable bonds is 9. The predicted molar refractivity (Wildman–Crippen MR) is 105 cm³/mol. The van der Waals surface area contributed by atoms with E-state index in [1.54, 1.807) is 30.0 Å². The lowest BCUT2D eigenvalue weighted by Crippen LogP contribution is -2.48. The van der Waals surface area contributed by atoms with Gasteiger partial charge in [0, 0.05) is 12.2 Å². The van der Waals surface area contributed by atoms with Crippen molar-refractivity contribution in [3.05, 3.63) is 24.3 Å². The monoisotopic (exact) mass is 403 g/mol. The number of carbonyl (C=O) groups excluding carboxylic acids is 2. The van der Waals surface area contributed by atoms with Gasteiger partial charge >= 0.3 is 5.97 Å². The summed E-state index contributed by atoms with van der Waals surface area (Å²) in [6.45, 7) is 1.37. The van der Waals surface area contributed by atoms with E-state index in [0.29, 0.717) is 6.42 Å². The van der Waals surface area contributed by atoms with E-state index >= 15 is 0 Å². The van der Waals surface area contributed by atoms with Gasteiger partial charge in [0.2, 0.25) is 0 Å². The van der Waals surface area contributed by atoms with Crippen molar-refractivity contribution in [1.82, 2.24) is 10.3 Å². The van der Waals surface area contributed by atoms with E-state index in [1.165, 1.54) is 0 Å². The first kappa shape index (κ1) is 19.6. The molecule has 1 heterocycles. The summed E-state index contributed by atoms with van der Waals surface area (Å²) in [4.78, 5) is 28.2. The normalized spacial score (nSPS) is 15.7. The number of nitriles is 1. The molecule has 1 aliphatic carbocycles. The molecule has 1 aliphatic rings. The lowest BCUT2D eigenvalue weighted by Gasteiger charge is -2.22. The average Bonchev–Trinajstić information content (AvgIpc) is 3.44. The van der Waals surface area contributed by atoms with Gasteiger partial charge in [-0.25, -0.2) is 4.98 Å². The number of thioether (sulfide) groups is 1. The third kappa shape index (κ3) is 5.44. The summed E-state index contributed by atoms with van der Waals surface area (Å²) in [6, 6.07) is 10.1. The molecule has 0 bridgehead atoms. The van der Waals surface area contributed by atoms with Gasteiger partial charge in [0.25, 0.3) is 5.91 Å². The first-order chi connectivity index (χ1) is 13.0. The van der Waals surface area contributed by atoms with Crippen molar-refractivity contribution in [2.45, 2.75) is 42.5 Å². The lowest BCUT2D eigenvalue weighted by atomic mass is 9.98. The number of esters is 1. The number of amides is 1. The van der Waals surface area contributed by atoms with Crippen molar-refractivity contribution in [3.63, 3.8) is 0 Å². The second kappa shape index (κ2) is 8.72. The molecule has 0 unspecified atom stereocenters. The van der Waals surface area contributed by atoms with Gasteiger partial charge in [-0.2, -0.15) is 5.26 Å². The molecule has 1 saturated carbocycles. The third-order valence-electron chi connectivity index (χ3n) is 4.41. The van der Waals surface area contributed by atoms with Crippen LogP contribution in [0.3, 0.4) is 0 Å². The van der Waals surface area contributed by atoms with Gasteiger partial charge in [-0.3, -0.25) is 9.59 Å². The number of para-hydroxylation sites is 1. The number of fused-ring (bicyclic) bond motifs is 1. The first-order valence-electron chi connectivity index (χ1n) is 8.86. The number of aromatic nitrogens is 1. The van der Waals surface area contributed by atoms with Crippen LogP contribution in [0.5, 0.6) is 0 Å². The van der Waals surface area contributed by atoms with Crippen LogP contribution in [0.25, 0.3) is 10.2 Å². The molecule has 1 amide bonds. The molecule has 1 N–H and O–H groups in total. The van der Waals surface area contributed by atoms with Crippen molar-refractivity contribution < 1.29 is 14.3 Å². The fourth-order valence-electron chi connectivity index (χ4n) is 2.71. The van der Waals surface area contributed by atoms with Crippen LogP contribution in [0.1, 0.15) is 32.6 Å². The lowest BCUT2D eigenvalue weighted by molar-refractivity contribution is -0.148. The second-order valence-electron chi connectivity index (χ2n) is 6.70. The maximum atomic E-state index is 11.9. The number of hydrogen-bond donors (Lipinski definition) is 1. The zero-order valence-corrected chi connectivity index (χ0v) is 16.7. The summed E-state index contributed by atoms with van der Waals surface area (Å²) in [6.07, 6.45) is 2.79. The van der Waals surface area contributed by atoms with Gasteiger partial charge in [-0.1, -0.05) is 23.9 Å². The zero-order chi connectivity index (χ0) is 19.3. The average molecular weight is 404 g/mol. The number of ether oxygens (including phenoxy) is 1. The highest BCUT2D eigenvalue weighted by Gasteiger charge is 2.43. The van der Waals surface area contributed by atoms with Gasteiger partial charge in [-0.05, 0) is 44.2 Å². The number of nitrogens with one attached hydrogen (secondary N) is 1. The molecule has 142 valence electrons. The molecule has 27 heavy (non-hydrogen) atoms. The van der Waals surface area contributed by atoms with E-state index in [0.717, 1.165) is 33.2 Å². The molecule has 0 aliphatic heterocycles. The number of nitrogens with zero attached hydrogens (tertiary/aromatic N) is 2. The number of benzene rings is 1. The number of carbonyl (C=O) groups is 2. The highest BCUT2D eigenvalue weighted by molar-refractivity contribution is 8.01. The summed E-state index contributed by atoms with van der Waals surface area (Å²) >= 11 is 3.26. The summed E-state index contributed by atoms with van der Waals surface area (Å²) < 4.78 is 7.15. The fraction of sp³-hybridized carbons (Fsp3) is 0.474. The largest absolute Gasteiger partial charge is 0.456 e. The van der Waals surface area contributed by atoms with Crippen LogP contribution in [-0.4, -0.2) is 34.8 Å². The van der Waals surface area contributed by atoms with Gasteiger partial charge in [0.05, 0.1) is 16.3 Å². The molecule has 2 aromatic rings. The molecular formula is C19H21N3O3S2. The standard InChI is InChI=1S/C19H21N3O3S2/c1-19(12-20,13-8-9-13)22-16(23)11-25-17(24)7-4-10-26-18-21-14-5-2-3-6-15(14)27-18/h2-3,5-6,13H,4,7-11H2,1H3,(H,22,23)/t19-/m0/s1. The molecule has 3 rings (SSSR count). The molecule has 8 heteroatoms. The molecule has 0 saturated heterocycles. The minimum atomic E-state index is -0.864. The van der Waals surface area contributed by atoms with Crippen molar-refractivity contribution >= 4 is 45.2 Å². The van der Waals surface area contributed by atoms with Crippen LogP contribution >= 0.6 is 23.1 Å². The van der Waals surface area contributed by atoms with Gasteiger partial charge in [0.15, 0.2) is 10.9 Å². The van der Waals surface area contributed by atoms with E-state index in [4.69, 9.17) is 4.74 Å². The minimum Gasteiger partial charge on any atom is -0.456 e. The molecular weight excluding hydrogens is 382 g/mol. The van der Waals surface area contributed by atoms with Gasteiger partial charge < -0.3 is 10.1 Å². The molecule has 1 aromatic heterocycles. The Morgan fingerprint density at radius 1 is 1.44 bits per heavy atom. The summed E-state index contributed by atoms with van der Waals surface area (Å²) in [7, 11) is 0. The molecule has 1 atom stereocenters. The van der Waals surface area contributed by atoms with E-state index in [-0.39, 0.29) is 18.9 Å². The smallest absolute Gasteiger partial charge is 0.306 e. The second-order valence-corrected chi connectivity index (χ2v) is 9.07. The summed E-state index contributed by atoms with van der Waals surface area (Å²) in [5.41, 5.74) is 0.128. The first-order valence-corrected chi connectivity index (χ1v) is 10.7. The Morgan fingerprint density at radius 2 is 2.22 bits per heavy atom. The van der Waals surface area contributed by atoms with Crippen LogP contribution < -0.4 is 5.32 Å². The van der Waals surface area contributed by atoms with Crippen LogP contribution in [0.2, 0.25) is 0 Å². The Balaban J connectivity index is 1.32. The van der Waals surface area contributed by atoms with Crippen LogP contribution in [0.15, 0.2) is 28.6 Å². The number of hydrogen-bond acceptors (Lipinski definition) is 7. The van der Waals surface area contributed by atoms with Crippen molar-refractivity contribution in [3.8, 4) is 6.07 Å². The van der Waals surface area contributed by atoms with Crippen molar-refractivity contribution in [2.24, 2.45) is 5.92 Å². The van der Waals surface area contributed by atoms with Crippen LogP contribution in [0.4, 0.5) is 0 Å². The van der Waals surface area contributed by atoms with E-state index in [9.17, 15) is 14.9 Å². The minimum absolute atomic E-state index is 0.196. The van der Waals surface area contributed by atoms with Gasteiger partial charge in [-0.15, -0.1) is 11.3 Å². The van der Waals surface area contributed by atoms with E-state index in [2.05, 4.69) is 16.4 Å². The molecule has 1 fully saturated rings. The van der Waals surface area contributed by atoms with Crippen molar-refractivity contribution in [1.29, 1.82) is 5.26 Å². The Bertz CT molecular complexity index is 839. The topological polar surface area (TPSA) is 92.1 Å². The Hall–Kier alpha value is -2.11. The Labute approximate surface area is 166 Å². The van der Waals surface area contributed by atoms with E-state index in [1.807, 2.05) is 24.3 Å². The Kier molecular flexibility index (Phi) is 6.34. The van der Waals surface area contributed by atoms with Crippen LogP contribution in [-0.2, 0) is 14.3 Å². The van der Waals surface area contributed by atoms with Crippen molar-refractivity contribution in [2.75, 3.05) is 12.4 Å². The highest BCUT2D eigenvalue weighted by atomic mass is 32.2. The Morgan fingerprint density at radius 3 is 2.93 bits per heavy atom. The quantitative estimate of drug-likeness (QED) is 0.391. The number of thiazole rings is 1. The SMILES string of the molecule is C[C@@](C#N)(NC(=O)COC(=O)CCCSc1nc2ccccc2s1)C1CC1. The molecule has 1 aromatic carbocycles. The summed E-state index contributed by atoms with van der Waals surface area (Å²) in [5.74, 6) is 0.125. The maximum absolute atomic E-state index is 11.9. The molecule has 6 nitrogen and oxygen atoms in total.